The Morgan fingerprint density at radius 2 is 2.47 bits per heavy atom. The first kappa shape index (κ1) is 11.0. The molecular formula is C11H16ClNO2. The summed E-state index contributed by atoms with van der Waals surface area (Å²) in [5.41, 5.74) is 0. The van der Waals surface area contributed by atoms with E-state index in [1.807, 2.05) is 6.07 Å². The average Bonchev–Trinajstić information content (AvgIpc) is 2.84. The van der Waals surface area contributed by atoms with Crippen molar-refractivity contribution in [2.45, 2.75) is 25.9 Å². The first-order chi connectivity index (χ1) is 7.25. The molecule has 2 unspecified atom stereocenters. The third-order valence-corrected chi connectivity index (χ3v) is 3.10. The van der Waals surface area contributed by atoms with Crippen LogP contribution in [0.15, 0.2) is 16.5 Å². The lowest BCUT2D eigenvalue weighted by molar-refractivity contribution is 0.178. The van der Waals surface area contributed by atoms with E-state index in [0.29, 0.717) is 17.2 Å². The summed E-state index contributed by atoms with van der Waals surface area (Å²) in [5, 5.41) is 3.87. The number of furan rings is 1. The molecule has 1 N–H and O–H groups in total. The molecule has 2 atom stereocenters. The van der Waals surface area contributed by atoms with E-state index < -0.39 is 0 Å². The molecule has 0 spiro atoms. The highest BCUT2D eigenvalue weighted by atomic mass is 35.5. The first-order valence-electron chi connectivity index (χ1n) is 5.31. The van der Waals surface area contributed by atoms with Crippen LogP contribution in [0.4, 0.5) is 0 Å². The highest BCUT2D eigenvalue weighted by Gasteiger charge is 2.21. The molecule has 15 heavy (non-hydrogen) atoms. The van der Waals surface area contributed by atoms with Crippen molar-refractivity contribution in [2.24, 2.45) is 5.92 Å². The van der Waals surface area contributed by atoms with Crippen LogP contribution >= 0.6 is 11.6 Å². The Balaban J connectivity index is 1.77. The van der Waals surface area contributed by atoms with E-state index >= 15 is 0 Å². The Bertz CT molecular complexity index is 307. The van der Waals surface area contributed by atoms with E-state index in [0.717, 1.165) is 31.9 Å². The molecule has 4 heteroatoms. The molecule has 1 aliphatic rings. The number of rotatable bonds is 4. The standard InChI is InChI=1S/C11H16ClNO2/c1-8(9-4-5-14-7-9)13-6-10-2-3-11(12)15-10/h2-3,8-9,13H,4-7H2,1H3. The van der Waals surface area contributed by atoms with Crippen molar-refractivity contribution in [1.82, 2.24) is 5.32 Å². The number of ether oxygens (including phenoxy) is 1. The zero-order chi connectivity index (χ0) is 10.7. The van der Waals surface area contributed by atoms with Crippen molar-refractivity contribution < 1.29 is 9.15 Å². The summed E-state index contributed by atoms with van der Waals surface area (Å²) in [6, 6.07) is 4.12. The molecule has 0 saturated carbocycles. The summed E-state index contributed by atoms with van der Waals surface area (Å²) in [6.07, 6.45) is 1.15. The molecule has 2 rings (SSSR count). The van der Waals surface area contributed by atoms with Crippen molar-refractivity contribution in [3.8, 4) is 0 Å². The molecule has 0 bridgehead atoms. The third kappa shape index (κ3) is 2.97. The summed E-state index contributed by atoms with van der Waals surface area (Å²) in [7, 11) is 0. The Labute approximate surface area is 94.7 Å². The van der Waals surface area contributed by atoms with E-state index in [9.17, 15) is 0 Å². The quantitative estimate of drug-likeness (QED) is 0.861. The summed E-state index contributed by atoms with van der Waals surface area (Å²) >= 11 is 5.69. The van der Waals surface area contributed by atoms with E-state index in [-0.39, 0.29) is 0 Å². The number of halogens is 1. The van der Waals surface area contributed by atoms with Gasteiger partial charge < -0.3 is 14.5 Å². The minimum absolute atomic E-state index is 0.448. The second-order valence-electron chi connectivity index (χ2n) is 4.00. The maximum absolute atomic E-state index is 5.69. The monoisotopic (exact) mass is 229 g/mol. The number of nitrogens with one attached hydrogen (secondary N) is 1. The molecule has 2 heterocycles. The lowest BCUT2D eigenvalue weighted by Gasteiger charge is -2.18. The predicted molar refractivity (Wildman–Crippen MR) is 58.9 cm³/mol. The summed E-state index contributed by atoms with van der Waals surface area (Å²) in [5.74, 6) is 1.50. The molecule has 3 nitrogen and oxygen atoms in total. The molecule has 84 valence electrons. The molecule has 1 aromatic rings. The second kappa shape index (κ2) is 5.01. The van der Waals surface area contributed by atoms with E-state index in [2.05, 4.69) is 12.2 Å². The number of hydrogen-bond donors (Lipinski definition) is 1. The smallest absolute Gasteiger partial charge is 0.193 e. The fourth-order valence-corrected chi connectivity index (χ4v) is 1.98. The van der Waals surface area contributed by atoms with Crippen LogP contribution in [0.25, 0.3) is 0 Å². The maximum atomic E-state index is 5.69. The molecule has 1 aromatic heterocycles. The van der Waals surface area contributed by atoms with Gasteiger partial charge in [0, 0.05) is 12.6 Å². The van der Waals surface area contributed by atoms with Gasteiger partial charge in [-0.25, -0.2) is 0 Å². The predicted octanol–water partition coefficient (Wildman–Crippen LogP) is 2.45. The largest absolute Gasteiger partial charge is 0.448 e. The van der Waals surface area contributed by atoms with Gasteiger partial charge in [0.05, 0.1) is 13.2 Å². The minimum atomic E-state index is 0.448. The molecule has 0 amide bonds. The summed E-state index contributed by atoms with van der Waals surface area (Å²) in [4.78, 5) is 0. The lowest BCUT2D eigenvalue weighted by atomic mass is 10.0. The maximum Gasteiger partial charge on any atom is 0.193 e. The molecule has 0 aromatic carbocycles. The minimum Gasteiger partial charge on any atom is -0.448 e. The van der Waals surface area contributed by atoms with Crippen LogP contribution in [-0.4, -0.2) is 19.3 Å². The average molecular weight is 230 g/mol. The van der Waals surface area contributed by atoms with E-state index in [4.69, 9.17) is 20.8 Å². The zero-order valence-electron chi connectivity index (χ0n) is 8.83. The highest BCUT2D eigenvalue weighted by molar-refractivity contribution is 6.28. The molecule has 0 radical (unpaired) electrons. The Kier molecular flexibility index (Phi) is 3.67. The molecule has 1 aliphatic heterocycles. The SMILES string of the molecule is CC(NCc1ccc(Cl)o1)C1CCOC1. The highest BCUT2D eigenvalue weighted by Crippen LogP contribution is 2.17. The number of hydrogen-bond acceptors (Lipinski definition) is 3. The summed E-state index contributed by atoms with van der Waals surface area (Å²) in [6.45, 7) is 4.67. The van der Waals surface area contributed by atoms with Crippen molar-refractivity contribution >= 4 is 11.6 Å². The Morgan fingerprint density at radius 1 is 1.60 bits per heavy atom. The van der Waals surface area contributed by atoms with Crippen LogP contribution in [0, 0.1) is 5.92 Å². The van der Waals surface area contributed by atoms with Gasteiger partial charge in [0.25, 0.3) is 0 Å². The van der Waals surface area contributed by atoms with Crippen LogP contribution in [0.1, 0.15) is 19.1 Å². The van der Waals surface area contributed by atoms with Gasteiger partial charge in [0.2, 0.25) is 0 Å². The first-order valence-corrected chi connectivity index (χ1v) is 5.69. The van der Waals surface area contributed by atoms with Gasteiger partial charge in [0.15, 0.2) is 5.22 Å². The second-order valence-corrected chi connectivity index (χ2v) is 4.37. The van der Waals surface area contributed by atoms with Gasteiger partial charge >= 0.3 is 0 Å². The van der Waals surface area contributed by atoms with Gasteiger partial charge in [-0.1, -0.05) is 0 Å². The zero-order valence-corrected chi connectivity index (χ0v) is 9.59. The van der Waals surface area contributed by atoms with Crippen LogP contribution in [0.3, 0.4) is 0 Å². The fourth-order valence-electron chi connectivity index (χ4n) is 1.82. The molecule has 1 saturated heterocycles. The Morgan fingerprint density at radius 3 is 3.07 bits per heavy atom. The van der Waals surface area contributed by atoms with E-state index in [1.165, 1.54) is 0 Å². The topological polar surface area (TPSA) is 34.4 Å². The van der Waals surface area contributed by atoms with E-state index in [1.54, 1.807) is 6.07 Å². The van der Waals surface area contributed by atoms with Gasteiger partial charge in [-0.15, -0.1) is 0 Å². The fraction of sp³-hybridized carbons (Fsp3) is 0.636. The van der Waals surface area contributed by atoms with Crippen molar-refractivity contribution in [3.05, 3.63) is 23.1 Å². The van der Waals surface area contributed by atoms with Gasteiger partial charge in [-0.3, -0.25) is 0 Å². The third-order valence-electron chi connectivity index (χ3n) is 2.90. The van der Waals surface area contributed by atoms with Crippen molar-refractivity contribution in [2.75, 3.05) is 13.2 Å². The van der Waals surface area contributed by atoms with Crippen LogP contribution < -0.4 is 5.32 Å². The van der Waals surface area contributed by atoms with Gasteiger partial charge in [0.1, 0.15) is 5.76 Å². The van der Waals surface area contributed by atoms with Crippen LogP contribution in [-0.2, 0) is 11.3 Å². The van der Waals surface area contributed by atoms with Crippen LogP contribution in [0.2, 0.25) is 5.22 Å². The normalized spacial score (nSPS) is 23.2. The molecule has 1 fully saturated rings. The van der Waals surface area contributed by atoms with Gasteiger partial charge in [-0.2, -0.15) is 0 Å². The Hall–Kier alpha value is -0.510. The van der Waals surface area contributed by atoms with Crippen molar-refractivity contribution in [1.29, 1.82) is 0 Å². The van der Waals surface area contributed by atoms with Crippen LogP contribution in [0.5, 0.6) is 0 Å². The lowest BCUT2D eigenvalue weighted by Crippen LogP contribution is -2.33. The van der Waals surface area contributed by atoms with Crippen molar-refractivity contribution in [3.63, 3.8) is 0 Å². The molecule has 0 aliphatic carbocycles. The molecular weight excluding hydrogens is 214 g/mol. The van der Waals surface area contributed by atoms with Gasteiger partial charge in [-0.05, 0) is 43.0 Å². The summed E-state index contributed by atoms with van der Waals surface area (Å²) < 4.78 is 10.6.